The van der Waals surface area contributed by atoms with Crippen molar-refractivity contribution in [3.05, 3.63) is 0 Å². The first kappa shape index (κ1) is 22.5. The summed E-state index contributed by atoms with van der Waals surface area (Å²) in [6, 6.07) is 0. The molecule has 0 N–H and O–H groups in total. The second kappa shape index (κ2) is 6.41. The molecule has 0 radical (unpaired) electrons. The molecule has 1 heteroatoms. The Morgan fingerprint density at radius 3 is 1.97 bits per heavy atom. The number of carbonyl (C=O) groups excluding carboxylic acids is 1. The summed E-state index contributed by atoms with van der Waals surface area (Å²) in [7, 11) is 0. The first-order valence-corrected chi connectivity index (χ1v) is 13.7. The lowest BCUT2D eigenvalue weighted by Gasteiger charge is -2.74. The predicted octanol–water partition coefficient (Wildman–Crippen LogP) is 8.46. The highest BCUT2D eigenvalue weighted by Gasteiger charge is 2.70. The number of fused-ring (bicyclic) bond motifs is 7. The van der Waals surface area contributed by atoms with E-state index in [1.54, 1.807) is 0 Å². The van der Waals surface area contributed by atoms with E-state index in [4.69, 9.17) is 0 Å². The molecular formula is C30H50O. The lowest BCUT2D eigenvalue weighted by molar-refractivity contribution is -0.256. The molecule has 5 aliphatic rings. The number of carbonyl (C=O) groups is 1. The van der Waals surface area contributed by atoms with Crippen molar-refractivity contribution in [2.75, 3.05) is 0 Å². The van der Waals surface area contributed by atoms with Gasteiger partial charge in [-0.15, -0.1) is 0 Å². The summed E-state index contributed by atoms with van der Waals surface area (Å²) < 4.78 is 0. The van der Waals surface area contributed by atoms with Gasteiger partial charge in [-0.25, -0.2) is 0 Å². The van der Waals surface area contributed by atoms with E-state index >= 15 is 0 Å². The molecule has 0 bridgehead atoms. The third-order valence-corrected chi connectivity index (χ3v) is 13.7. The molecule has 0 spiro atoms. The van der Waals surface area contributed by atoms with Crippen molar-refractivity contribution in [2.45, 2.75) is 126 Å². The summed E-state index contributed by atoms with van der Waals surface area (Å²) in [5, 5.41) is 0. The summed E-state index contributed by atoms with van der Waals surface area (Å²) in [6.07, 6.45) is 14.6. The largest absolute Gasteiger partial charge is 0.299 e. The van der Waals surface area contributed by atoms with E-state index in [1.807, 2.05) is 0 Å². The van der Waals surface area contributed by atoms with Crippen LogP contribution in [0, 0.1) is 56.2 Å². The van der Waals surface area contributed by atoms with Gasteiger partial charge in [0.2, 0.25) is 0 Å². The Hall–Kier alpha value is -0.330. The van der Waals surface area contributed by atoms with E-state index in [9.17, 15) is 4.79 Å². The normalized spacial score (nSPS) is 58.5. The third-order valence-electron chi connectivity index (χ3n) is 13.7. The maximum absolute atomic E-state index is 12.7. The molecule has 31 heavy (non-hydrogen) atoms. The van der Waals surface area contributed by atoms with Gasteiger partial charge in [0.15, 0.2) is 0 Å². The van der Waals surface area contributed by atoms with Gasteiger partial charge in [-0.05, 0) is 114 Å². The molecule has 5 rings (SSSR count). The minimum atomic E-state index is 0.237. The zero-order chi connectivity index (χ0) is 22.7. The van der Waals surface area contributed by atoms with Crippen molar-refractivity contribution >= 4 is 5.78 Å². The minimum absolute atomic E-state index is 0.237. The van der Waals surface area contributed by atoms with Gasteiger partial charge in [-0.3, -0.25) is 4.79 Å². The summed E-state index contributed by atoms with van der Waals surface area (Å²) >= 11 is 0. The SMILES string of the molecule is C[C@@H]1C(=O)CC[C@@H]2[C@]1(C)CC[C@H]1[C@@]2(C)CC[C@@]2(C)[C@H]3CC(C)(C)CC[C@]3(C)CC[C@]12C. The molecule has 0 aromatic carbocycles. The van der Waals surface area contributed by atoms with Crippen LogP contribution < -0.4 is 0 Å². The van der Waals surface area contributed by atoms with Gasteiger partial charge in [-0.1, -0.05) is 55.4 Å². The molecule has 0 aliphatic heterocycles. The van der Waals surface area contributed by atoms with Crippen LogP contribution in [-0.4, -0.2) is 5.78 Å². The maximum atomic E-state index is 12.7. The van der Waals surface area contributed by atoms with Crippen molar-refractivity contribution in [3.63, 3.8) is 0 Å². The Morgan fingerprint density at radius 2 is 1.26 bits per heavy atom. The molecular weight excluding hydrogens is 376 g/mol. The second-order valence-electron chi connectivity index (χ2n) is 15.3. The van der Waals surface area contributed by atoms with Gasteiger partial charge >= 0.3 is 0 Å². The zero-order valence-electron chi connectivity index (χ0n) is 22.0. The van der Waals surface area contributed by atoms with Crippen molar-refractivity contribution in [2.24, 2.45) is 56.2 Å². The van der Waals surface area contributed by atoms with Crippen LogP contribution in [0.15, 0.2) is 0 Å². The Balaban J connectivity index is 1.55. The van der Waals surface area contributed by atoms with Crippen molar-refractivity contribution in [1.82, 2.24) is 0 Å². The van der Waals surface area contributed by atoms with Crippen LogP contribution in [0.5, 0.6) is 0 Å². The van der Waals surface area contributed by atoms with Crippen molar-refractivity contribution < 1.29 is 4.79 Å². The highest BCUT2D eigenvalue weighted by atomic mass is 16.1. The summed E-state index contributed by atoms with van der Waals surface area (Å²) in [4.78, 5) is 12.7. The maximum Gasteiger partial charge on any atom is 0.136 e. The van der Waals surface area contributed by atoms with Gasteiger partial charge in [-0.2, -0.15) is 0 Å². The number of hydrogen-bond donors (Lipinski definition) is 0. The van der Waals surface area contributed by atoms with E-state index in [1.165, 1.54) is 57.8 Å². The average Bonchev–Trinajstić information content (AvgIpc) is 2.69. The first-order chi connectivity index (χ1) is 14.2. The minimum Gasteiger partial charge on any atom is -0.299 e. The van der Waals surface area contributed by atoms with Crippen molar-refractivity contribution in [1.29, 1.82) is 0 Å². The molecule has 0 unspecified atom stereocenters. The van der Waals surface area contributed by atoms with E-state index in [2.05, 4.69) is 55.4 Å². The van der Waals surface area contributed by atoms with Crippen LogP contribution in [0.1, 0.15) is 126 Å². The Bertz CT molecular complexity index is 781. The summed E-state index contributed by atoms with van der Waals surface area (Å²) in [5.74, 6) is 3.27. The van der Waals surface area contributed by atoms with Gasteiger partial charge in [0.05, 0.1) is 0 Å². The Morgan fingerprint density at radius 1 is 0.645 bits per heavy atom. The summed E-state index contributed by atoms with van der Waals surface area (Å²) in [5.41, 5.74) is 2.67. The fourth-order valence-electron chi connectivity index (χ4n) is 11.2. The lowest BCUT2D eigenvalue weighted by atomic mass is 9.30. The quantitative estimate of drug-likeness (QED) is 0.379. The monoisotopic (exact) mass is 426 g/mol. The molecule has 5 fully saturated rings. The molecule has 0 saturated heterocycles. The fourth-order valence-corrected chi connectivity index (χ4v) is 11.2. The second-order valence-corrected chi connectivity index (χ2v) is 15.3. The van der Waals surface area contributed by atoms with Crippen molar-refractivity contribution in [3.8, 4) is 0 Å². The van der Waals surface area contributed by atoms with E-state index in [0.717, 1.165) is 30.6 Å². The highest BCUT2D eigenvalue weighted by molar-refractivity contribution is 5.82. The fraction of sp³-hybridized carbons (Fsp3) is 0.967. The number of rotatable bonds is 0. The molecule has 0 aromatic rings. The molecule has 0 heterocycles. The van der Waals surface area contributed by atoms with E-state index in [0.29, 0.717) is 32.9 Å². The van der Waals surface area contributed by atoms with Gasteiger partial charge in [0, 0.05) is 12.3 Å². The van der Waals surface area contributed by atoms with E-state index in [-0.39, 0.29) is 11.3 Å². The molecule has 5 saturated carbocycles. The third kappa shape index (κ3) is 2.70. The molecule has 0 amide bonds. The Kier molecular flexibility index (Phi) is 4.65. The van der Waals surface area contributed by atoms with Crippen LogP contribution in [-0.2, 0) is 4.79 Å². The van der Waals surface area contributed by atoms with Crippen LogP contribution in [0.3, 0.4) is 0 Å². The number of ketones is 1. The smallest absolute Gasteiger partial charge is 0.136 e. The topological polar surface area (TPSA) is 17.1 Å². The van der Waals surface area contributed by atoms with Crippen LogP contribution >= 0.6 is 0 Å². The highest BCUT2D eigenvalue weighted by Crippen LogP contribution is 2.78. The average molecular weight is 427 g/mol. The van der Waals surface area contributed by atoms with Gasteiger partial charge in [0.25, 0.3) is 0 Å². The van der Waals surface area contributed by atoms with Gasteiger partial charge < -0.3 is 0 Å². The first-order valence-electron chi connectivity index (χ1n) is 13.7. The van der Waals surface area contributed by atoms with Crippen LogP contribution in [0.2, 0.25) is 0 Å². The standard InChI is InChI=1S/C30H50O/c1-20-21(31)9-10-22-27(20,5)12-11-23-28(22,6)16-18-30(8)24-19-25(2,3)13-14-26(24,4)15-17-29(23,30)7/h20,22-24H,9-19H2,1-8H3/t20-,22-,23+,24+,26-,27-,28+,29-,30+/m1/s1. The molecule has 176 valence electrons. The molecule has 0 aromatic heterocycles. The summed E-state index contributed by atoms with van der Waals surface area (Å²) in [6.45, 7) is 20.7. The van der Waals surface area contributed by atoms with Gasteiger partial charge in [0.1, 0.15) is 5.78 Å². The zero-order valence-corrected chi connectivity index (χ0v) is 22.0. The van der Waals surface area contributed by atoms with Crippen LogP contribution in [0.4, 0.5) is 0 Å². The molecule has 9 atom stereocenters. The predicted molar refractivity (Wildman–Crippen MR) is 130 cm³/mol. The number of hydrogen-bond acceptors (Lipinski definition) is 1. The number of Topliss-reactive ketones (excluding diaryl/α,β-unsaturated/α-hetero) is 1. The van der Waals surface area contributed by atoms with E-state index < -0.39 is 0 Å². The molecule has 5 aliphatic carbocycles. The Labute approximate surface area is 192 Å². The van der Waals surface area contributed by atoms with Crippen LogP contribution in [0.25, 0.3) is 0 Å². The molecule has 1 nitrogen and oxygen atoms in total. The lowest BCUT2D eigenvalue weighted by Crippen LogP contribution is -2.67.